The van der Waals surface area contributed by atoms with Crippen LogP contribution in [0.15, 0.2) is 6.20 Å². The first-order valence-corrected chi connectivity index (χ1v) is 9.44. The summed E-state index contributed by atoms with van der Waals surface area (Å²) in [5, 5.41) is 14.7. The van der Waals surface area contributed by atoms with Crippen LogP contribution in [-0.2, 0) is 31.6 Å². The number of H-pyrrole nitrogens is 1. The van der Waals surface area contributed by atoms with Gasteiger partial charge in [0.25, 0.3) is 5.91 Å². The van der Waals surface area contributed by atoms with E-state index in [1.54, 1.807) is 0 Å². The SMILES string of the molecule is O=C(NCCc1cnn2c1CCCC2)c1n[nH]c2c1CSCC2. The van der Waals surface area contributed by atoms with Gasteiger partial charge >= 0.3 is 0 Å². The summed E-state index contributed by atoms with van der Waals surface area (Å²) in [6.07, 6.45) is 7.33. The van der Waals surface area contributed by atoms with Crippen molar-refractivity contribution in [3.05, 3.63) is 34.4 Å². The van der Waals surface area contributed by atoms with E-state index in [1.807, 2.05) is 18.0 Å². The van der Waals surface area contributed by atoms with Crippen molar-refractivity contribution >= 4 is 17.7 Å². The van der Waals surface area contributed by atoms with Gasteiger partial charge in [0.2, 0.25) is 0 Å². The van der Waals surface area contributed by atoms with Crippen LogP contribution in [0.3, 0.4) is 0 Å². The number of nitrogens with zero attached hydrogens (tertiary/aromatic N) is 3. The molecular formula is C16H21N5OS. The van der Waals surface area contributed by atoms with Crippen LogP contribution in [0.2, 0.25) is 0 Å². The molecule has 0 atom stereocenters. The predicted molar refractivity (Wildman–Crippen MR) is 89.7 cm³/mol. The van der Waals surface area contributed by atoms with Crippen molar-refractivity contribution in [2.24, 2.45) is 0 Å². The molecule has 2 aromatic heterocycles. The first-order valence-electron chi connectivity index (χ1n) is 8.28. The highest BCUT2D eigenvalue weighted by atomic mass is 32.2. The zero-order valence-corrected chi connectivity index (χ0v) is 13.9. The van der Waals surface area contributed by atoms with Crippen LogP contribution < -0.4 is 5.32 Å². The number of carbonyl (C=O) groups is 1. The van der Waals surface area contributed by atoms with E-state index in [4.69, 9.17) is 0 Å². The summed E-state index contributed by atoms with van der Waals surface area (Å²) >= 11 is 1.86. The second-order valence-electron chi connectivity index (χ2n) is 6.13. The predicted octanol–water partition coefficient (Wildman–Crippen LogP) is 1.70. The zero-order chi connectivity index (χ0) is 15.6. The third kappa shape index (κ3) is 2.89. The maximum Gasteiger partial charge on any atom is 0.272 e. The van der Waals surface area contributed by atoms with E-state index in [9.17, 15) is 4.79 Å². The lowest BCUT2D eigenvalue weighted by Crippen LogP contribution is -2.27. The minimum absolute atomic E-state index is 0.0639. The Bertz CT molecular complexity index is 720. The van der Waals surface area contributed by atoms with Gasteiger partial charge in [-0.3, -0.25) is 14.6 Å². The van der Waals surface area contributed by atoms with Crippen LogP contribution in [-0.4, -0.2) is 38.2 Å². The molecule has 0 bridgehead atoms. The number of aromatic nitrogens is 4. The average Bonchev–Trinajstić information content (AvgIpc) is 3.19. The van der Waals surface area contributed by atoms with Crippen LogP contribution in [0.5, 0.6) is 0 Å². The molecule has 0 unspecified atom stereocenters. The molecule has 6 nitrogen and oxygen atoms in total. The standard InChI is InChI=1S/C16H21N5OS/c22-16(15-12-10-23-8-5-13(12)19-20-15)17-6-4-11-9-18-21-7-2-1-3-14(11)21/h9H,1-8,10H2,(H,17,22)(H,19,20). The fourth-order valence-electron chi connectivity index (χ4n) is 3.39. The lowest BCUT2D eigenvalue weighted by molar-refractivity contribution is 0.0948. The van der Waals surface area contributed by atoms with E-state index in [-0.39, 0.29) is 5.91 Å². The normalized spacial score (nSPS) is 16.7. The molecule has 4 rings (SSSR count). The van der Waals surface area contributed by atoms with Crippen LogP contribution in [0.4, 0.5) is 0 Å². The molecule has 7 heteroatoms. The number of rotatable bonds is 4. The highest BCUT2D eigenvalue weighted by molar-refractivity contribution is 7.98. The van der Waals surface area contributed by atoms with Crippen molar-refractivity contribution in [3.8, 4) is 0 Å². The summed E-state index contributed by atoms with van der Waals surface area (Å²) in [5.74, 6) is 1.92. The highest BCUT2D eigenvalue weighted by Crippen LogP contribution is 2.25. The number of fused-ring (bicyclic) bond motifs is 2. The van der Waals surface area contributed by atoms with E-state index in [1.165, 1.54) is 24.1 Å². The van der Waals surface area contributed by atoms with Crippen molar-refractivity contribution in [3.63, 3.8) is 0 Å². The van der Waals surface area contributed by atoms with E-state index in [0.29, 0.717) is 12.2 Å². The minimum atomic E-state index is -0.0639. The van der Waals surface area contributed by atoms with Crippen molar-refractivity contribution in [2.75, 3.05) is 12.3 Å². The maximum absolute atomic E-state index is 12.4. The maximum atomic E-state index is 12.4. The van der Waals surface area contributed by atoms with Gasteiger partial charge in [-0.05, 0) is 43.4 Å². The van der Waals surface area contributed by atoms with Gasteiger partial charge in [-0.25, -0.2) is 0 Å². The molecule has 2 aliphatic heterocycles. The Morgan fingerprint density at radius 3 is 3.30 bits per heavy atom. The Labute approximate surface area is 139 Å². The van der Waals surface area contributed by atoms with E-state index in [0.717, 1.165) is 48.6 Å². The molecule has 0 fully saturated rings. The third-order valence-electron chi connectivity index (χ3n) is 4.66. The topological polar surface area (TPSA) is 75.6 Å². The molecule has 0 saturated carbocycles. The van der Waals surface area contributed by atoms with Crippen molar-refractivity contribution in [1.82, 2.24) is 25.3 Å². The van der Waals surface area contributed by atoms with Gasteiger partial charge in [-0.2, -0.15) is 22.0 Å². The molecule has 0 aliphatic carbocycles. The smallest absolute Gasteiger partial charge is 0.272 e. The molecule has 0 aromatic carbocycles. The zero-order valence-electron chi connectivity index (χ0n) is 13.1. The lowest BCUT2D eigenvalue weighted by Gasteiger charge is -2.14. The molecule has 122 valence electrons. The summed E-state index contributed by atoms with van der Waals surface area (Å²) in [7, 11) is 0. The molecule has 4 heterocycles. The third-order valence-corrected chi connectivity index (χ3v) is 5.64. The number of amides is 1. The van der Waals surface area contributed by atoms with Gasteiger partial charge < -0.3 is 5.32 Å². The Morgan fingerprint density at radius 2 is 2.35 bits per heavy atom. The first kappa shape index (κ1) is 14.8. The van der Waals surface area contributed by atoms with E-state index >= 15 is 0 Å². The van der Waals surface area contributed by atoms with Gasteiger partial charge in [0.15, 0.2) is 5.69 Å². The minimum Gasteiger partial charge on any atom is -0.350 e. The van der Waals surface area contributed by atoms with Crippen LogP contribution in [0, 0.1) is 0 Å². The van der Waals surface area contributed by atoms with E-state index in [2.05, 4.69) is 25.3 Å². The number of aryl methyl sites for hydroxylation is 2. The quantitative estimate of drug-likeness (QED) is 0.894. The van der Waals surface area contributed by atoms with Crippen LogP contribution >= 0.6 is 11.8 Å². The summed E-state index contributed by atoms with van der Waals surface area (Å²) in [6, 6.07) is 0. The van der Waals surface area contributed by atoms with Gasteiger partial charge in [-0.15, -0.1) is 0 Å². The second-order valence-corrected chi connectivity index (χ2v) is 7.24. The highest BCUT2D eigenvalue weighted by Gasteiger charge is 2.22. The Kier molecular flexibility index (Phi) is 4.11. The number of nitrogens with one attached hydrogen (secondary N) is 2. The lowest BCUT2D eigenvalue weighted by atomic mass is 10.0. The Morgan fingerprint density at radius 1 is 1.39 bits per heavy atom. The van der Waals surface area contributed by atoms with Crippen molar-refractivity contribution in [2.45, 2.75) is 44.4 Å². The molecule has 2 aliphatic rings. The fraction of sp³-hybridized carbons (Fsp3) is 0.562. The Balaban J connectivity index is 1.37. The van der Waals surface area contributed by atoms with Crippen LogP contribution in [0.25, 0.3) is 0 Å². The van der Waals surface area contributed by atoms with Gasteiger partial charge in [0.05, 0.1) is 6.20 Å². The molecular weight excluding hydrogens is 310 g/mol. The molecule has 0 radical (unpaired) electrons. The summed E-state index contributed by atoms with van der Waals surface area (Å²) in [6.45, 7) is 1.66. The molecule has 0 saturated heterocycles. The van der Waals surface area contributed by atoms with Gasteiger partial charge in [-0.1, -0.05) is 0 Å². The Hall–Kier alpha value is -1.76. The monoisotopic (exact) mass is 331 g/mol. The largest absolute Gasteiger partial charge is 0.350 e. The molecule has 0 spiro atoms. The molecule has 2 aromatic rings. The summed E-state index contributed by atoms with van der Waals surface area (Å²) < 4.78 is 2.11. The van der Waals surface area contributed by atoms with E-state index < -0.39 is 0 Å². The molecule has 1 amide bonds. The van der Waals surface area contributed by atoms with Crippen LogP contribution in [0.1, 0.15) is 45.8 Å². The average molecular weight is 331 g/mol. The summed E-state index contributed by atoms with van der Waals surface area (Å²) in [4.78, 5) is 12.4. The number of carbonyl (C=O) groups excluding carboxylic acids is 1. The van der Waals surface area contributed by atoms with Gasteiger partial charge in [0.1, 0.15) is 0 Å². The van der Waals surface area contributed by atoms with Crippen molar-refractivity contribution < 1.29 is 4.79 Å². The molecule has 23 heavy (non-hydrogen) atoms. The fourth-order valence-corrected chi connectivity index (χ4v) is 4.40. The number of thioether (sulfide) groups is 1. The molecule has 2 N–H and O–H groups in total. The second kappa shape index (κ2) is 6.39. The number of hydrogen-bond acceptors (Lipinski definition) is 4. The van der Waals surface area contributed by atoms with Gasteiger partial charge in [0, 0.05) is 35.8 Å². The summed E-state index contributed by atoms with van der Waals surface area (Å²) in [5.41, 5.74) is 5.40. The first-order chi connectivity index (χ1) is 11.3. The number of hydrogen-bond donors (Lipinski definition) is 2. The van der Waals surface area contributed by atoms with Crippen molar-refractivity contribution in [1.29, 1.82) is 0 Å². The number of aromatic amines is 1.